The maximum Gasteiger partial charge on any atom is 0.338 e. The largest absolute Gasteiger partial charge is 0.454 e. The number of carbonyl (C=O) groups excluding carboxylic acids is 2. The molecule has 27 heavy (non-hydrogen) atoms. The molecule has 0 N–H and O–H groups in total. The number of carbonyl (C=O) groups is 2. The van der Waals surface area contributed by atoms with Crippen LogP contribution in [0.5, 0.6) is 0 Å². The molecule has 6 nitrogen and oxygen atoms in total. The van der Waals surface area contributed by atoms with Crippen molar-refractivity contribution in [2.45, 2.75) is 33.4 Å². The highest BCUT2D eigenvalue weighted by molar-refractivity contribution is 6.00. The third-order valence-corrected chi connectivity index (χ3v) is 4.44. The molecular formula is C21H27NO5. The van der Waals surface area contributed by atoms with Crippen molar-refractivity contribution in [1.29, 1.82) is 0 Å². The molecule has 0 fully saturated rings. The summed E-state index contributed by atoms with van der Waals surface area (Å²) in [6.07, 6.45) is 0. The summed E-state index contributed by atoms with van der Waals surface area (Å²) >= 11 is 0. The van der Waals surface area contributed by atoms with Crippen LogP contribution in [0.3, 0.4) is 0 Å². The Morgan fingerprint density at radius 1 is 1.11 bits per heavy atom. The van der Waals surface area contributed by atoms with E-state index in [9.17, 15) is 9.59 Å². The van der Waals surface area contributed by atoms with Gasteiger partial charge in [0, 0.05) is 31.2 Å². The zero-order valence-electron chi connectivity index (χ0n) is 16.6. The Kier molecular flexibility index (Phi) is 7.33. The first kappa shape index (κ1) is 20.9. The number of benzene rings is 1. The van der Waals surface area contributed by atoms with Gasteiger partial charge in [-0.2, -0.15) is 0 Å². The van der Waals surface area contributed by atoms with Gasteiger partial charge in [-0.15, -0.1) is 0 Å². The van der Waals surface area contributed by atoms with Gasteiger partial charge in [-0.1, -0.05) is 12.1 Å². The van der Waals surface area contributed by atoms with Crippen molar-refractivity contribution in [2.24, 2.45) is 0 Å². The lowest BCUT2D eigenvalue weighted by atomic mass is 10.1. The fraction of sp³-hybridized carbons (Fsp3) is 0.429. The van der Waals surface area contributed by atoms with Crippen LogP contribution in [0.15, 0.2) is 30.3 Å². The van der Waals surface area contributed by atoms with Crippen LogP contribution < -0.4 is 0 Å². The van der Waals surface area contributed by atoms with Crippen LogP contribution >= 0.6 is 0 Å². The van der Waals surface area contributed by atoms with E-state index in [-0.39, 0.29) is 18.4 Å². The lowest BCUT2D eigenvalue weighted by Crippen LogP contribution is -2.17. The maximum atomic E-state index is 12.6. The number of esters is 1. The van der Waals surface area contributed by atoms with Gasteiger partial charge in [0.15, 0.2) is 6.61 Å². The second kappa shape index (κ2) is 9.48. The van der Waals surface area contributed by atoms with Gasteiger partial charge in [-0.05, 0) is 44.5 Å². The Morgan fingerprint density at radius 2 is 1.85 bits per heavy atom. The summed E-state index contributed by atoms with van der Waals surface area (Å²) in [5.41, 5.74) is 3.65. The number of rotatable bonds is 9. The van der Waals surface area contributed by atoms with Crippen molar-refractivity contribution in [3.8, 4) is 0 Å². The average Bonchev–Trinajstić information content (AvgIpc) is 2.94. The zero-order valence-corrected chi connectivity index (χ0v) is 16.6. The third-order valence-electron chi connectivity index (χ3n) is 4.44. The second-order valence-corrected chi connectivity index (χ2v) is 6.59. The summed E-state index contributed by atoms with van der Waals surface area (Å²) in [6, 6.07) is 8.93. The molecule has 146 valence electrons. The van der Waals surface area contributed by atoms with Gasteiger partial charge in [0.2, 0.25) is 5.78 Å². The minimum atomic E-state index is -0.525. The minimum absolute atomic E-state index is 0.114. The molecule has 0 spiro atoms. The van der Waals surface area contributed by atoms with E-state index in [1.54, 1.807) is 32.4 Å². The number of aromatic nitrogens is 1. The number of hydrogen-bond acceptors (Lipinski definition) is 5. The second-order valence-electron chi connectivity index (χ2n) is 6.59. The highest BCUT2D eigenvalue weighted by atomic mass is 16.5. The van der Waals surface area contributed by atoms with Crippen LogP contribution in [0, 0.1) is 13.8 Å². The molecule has 0 bridgehead atoms. The monoisotopic (exact) mass is 373 g/mol. The van der Waals surface area contributed by atoms with Gasteiger partial charge in [-0.25, -0.2) is 4.79 Å². The van der Waals surface area contributed by atoms with E-state index in [0.717, 1.165) is 17.0 Å². The first-order valence-corrected chi connectivity index (χ1v) is 8.84. The van der Waals surface area contributed by atoms with Crippen molar-refractivity contribution in [3.63, 3.8) is 0 Å². The molecule has 1 unspecified atom stereocenters. The highest BCUT2D eigenvalue weighted by Crippen LogP contribution is 2.21. The molecule has 0 aliphatic carbocycles. The van der Waals surface area contributed by atoms with E-state index in [1.807, 2.05) is 32.9 Å². The van der Waals surface area contributed by atoms with Gasteiger partial charge in [-0.3, -0.25) is 4.79 Å². The Balaban J connectivity index is 2.06. The summed E-state index contributed by atoms with van der Waals surface area (Å²) in [6.45, 7) is 6.54. The fourth-order valence-corrected chi connectivity index (χ4v) is 3.30. The molecule has 0 amide bonds. The Hall–Kier alpha value is -2.44. The van der Waals surface area contributed by atoms with Crippen LogP contribution in [0.25, 0.3) is 0 Å². The molecule has 0 saturated heterocycles. The third kappa shape index (κ3) is 5.05. The van der Waals surface area contributed by atoms with Crippen molar-refractivity contribution >= 4 is 11.8 Å². The molecule has 0 saturated carbocycles. The predicted octanol–water partition coefficient (Wildman–Crippen LogP) is 3.50. The SMILES string of the molecule is COCc1cccc(C(=O)OCC(=O)c2cc(C)n(C(C)COC)c2C)c1. The van der Waals surface area contributed by atoms with Crippen LogP contribution in [0.2, 0.25) is 0 Å². The maximum absolute atomic E-state index is 12.6. The molecule has 2 aromatic rings. The molecule has 0 aliphatic rings. The number of methoxy groups -OCH3 is 2. The first-order valence-electron chi connectivity index (χ1n) is 8.84. The number of nitrogens with zero attached hydrogens (tertiary/aromatic N) is 1. The predicted molar refractivity (Wildman–Crippen MR) is 102 cm³/mol. The van der Waals surface area contributed by atoms with Crippen LogP contribution in [-0.4, -0.2) is 43.8 Å². The Labute approximate surface area is 160 Å². The molecule has 1 aromatic heterocycles. The van der Waals surface area contributed by atoms with E-state index in [0.29, 0.717) is 24.3 Å². The number of Topliss-reactive ketones (excluding diaryl/α,β-unsaturated/α-hetero) is 1. The van der Waals surface area contributed by atoms with E-state index in [2.05, 4.69) is 4.57 Å². The van der Waals surface area contributed by atoms with Gasteiger partial charge in [0.05, 0.1) is 24.8 Å². The molecule has 1 aromatic carbocycles. The summed E-state index contributed by atoms with van der Waals surface area (Å²) in [5.74, 6) is -0.747. The highest BCUT2D eigenvalue weighted by Gasteiger charge is 2.20. The molecular weight excluding hydrogens is 346 g/mol. The van der Waals surface area contributed by atoms with Gasteiger partial charge in [0.1, 0.15) is 0 Å². The molecule has 2 rings (SSSR count). The topological polar surface area (TPSA) is 66.8 Å². The molecule has 0 radical (unpaired) electrons. The number of hydrogen-bond donors (Lipinski definition) is 0. The minimum Gasteiger partial charge on any atom is -0.454 e. The van der Waals surface area contributed by atoms with Crippen molar-refractivity contribution in [3.05, 3.63) is 58.4 Å². The summed E-state index contributed by atoms with van der Waals surface area (Å²) in [5, 5.41) is 0. The number of aryl methyl sites for hydroxylation is 1. The normalized spacial score (nSPS) is 12.0. The van der Waals surface area contributed by atoms with Crippen molar-refractivity contribution < 1.29 is 23.8 Å². The van der Waals surface area contributed by atoms with Crippen LogP contribution in [0.1, 0.15) is 50.6 Å². The van der Waals surface area contributed by atoms with Gasteiger partial charge in [0.25, 0.3) is 0 Å². The van der Waals surface area contributed by atoms with Crippen LogP contribution in [0.4, 0.5) is 0 Å². The summed E-state index contributed by atoms with van der Waals surface area (Å²) < 4.78 is 17.6. The van der Waals surface area contributed by atoms with Gasteiger partial charge < -0.3 is 18.8 Å². The number of ether oxygens (including phenoxy) is 3. The first-order chi connectivity index (χ1) is 12.9. The van der Waals surface area contributed by atoms with Gasteiger partial charge >= 0.3 is 5.97 Å². The smallest absolute Gasteiger partial charge is 0.338 e. The van der Waals surface area contributed by atoms with E-state index < -0.39 is 5.97 Å². The average molecular weight is 373 g/mol. The van der Waals surface area contributed by atoms with Crippen molar-refractivity contribution in [1.82, 2.24) is 4.57 Å². The zero-order chi connectivity index (χ0) is 20.0. The lowest BCUT2D eigenvalue weighted by molar-refractivity contribution is 0.0474. The summed E-state index contributed by atoms with van der Waals surface area (Å²) in [7, 11) is 3.24. The Bertz CT molecular complexity index is 809. The molecule has 0 aliphatic heterocycles. The molecule has 6 heteroatoms. The number of ketones is 1. The fourth-order valence-electron chi connectivity index (χ4n) is 3.30. The summed E-state index contributed by atoms with van der Waals surface area (Å²) in [4.78, 5) is 24.8. The lowest BCUT2D eigenvalue weighted by Gasteiger charge is -2.17. The molecule has 1 atom stereocenters. The van der Waals surface area contributed by atoms with E-state index in [4.69, 9.17) is 14.2 Å². The van der Waals surface area contributed by atoms with Crippen LogP contribution in [-0.2, 0) is 20.8 Å². The Morgan fingerprint density at radius 3 is 2.52 bits per heavy atom. The van der Waals surface area contributed by atoms with Crippen molar-refractivity contribution in [2.75, 3.05) is 27.4 Å². The standard InChI is InChI=1S/C21H27NO5/c1-14-9-19(16(3)22(14)15(2)11-25-4)20(23)13-27-21(24)18-8-6-7-17(10-18)12-26-5/h6-10,15H,11-13H2,1-5H3. The quantitative estimate of drug-likeness (QED) is 0.497. The van der Waals surface area contributed by atoms with E-state index in [1.165, 1.54) is 0 Å². The molecule has 1 heterocycles. The van der Waals surface area contributed by atoms with E-state index >= 15 is 0 Å².